The summed E-state index contributed by atoms with van der Waals surface area (Å²) < 4.78 is 0. The van der Waals surface area contributed by atoms with Crippen LogP contribution >= 0.6 is 0 Å². The van der Waals surface area contributed by atoms with Crippen LogP contribution in [-0.4, -0.2) is 50.1 Å². The molecule has 1 unspecified atom stereocenters. The Labute approximate surface area is 146 Å². The van der Waals surface area contributed by atoms with Gasteiger partial charge >= 0.3 is 0 Å². The van der Waals surface area contributed by atoms with Crippen molar-refractivity contribution in [2.45, 2.75) is 44.6 Å². The maximum atomic E-state index is 4.39. The van der Waals surface area contributed by atoms with Crippen molar-refractivity contribution in [1.82, 2.24) is 15.5 Å². The van der Waals surface area contributed by atoms with Gasteiger partial charge in [0.2, 0.25) is 0 Å². The number of guanidine groups is 1. The van der Waals surface area contributed by atoms with Crippen LogP contribution in [0.5, 0.6) is 0 Å². The molecule has 4 nitrogen and oxygen atoms in total. The summed E-state index contributed by atoms with van der Waals surface area (Å²) in [5.74, 6) is 1.68. The first-order valence-electron chi connectivity index (χ1n) is 9.32. The molecule has 0 aromatic heterocycles. The van der Waals surface area contributed by atoms with Gasteiger partial charge in [0.05, 0.1) is 0 Å². The molecule has 1 aliphatic carbocycles. The van der Waals surface area contributed by atoms with E-state index in [-0.39, 0.29) is 5.41 Å². The van der Waals surface area contributed by atoms with Gasteiger partial charge in [0, 0.05) is 38.1 Å². The lowest BCUT2D eigenvalue weighted by atomic mass is 9.85. The van der Waals surface area contributed by atoms with Gasteiger partial charge in [-0.1, -0.05) is 44.2 Å². The summed E-state index contributed by atoms with van der Waals surface area (Å²) in [4.78, 5) is 7.06. The molecule has 3 rings (SSSR count). The lowest BCUT2D eigenvalue weighted by Gasteiger charge is -2.27. The zero-order valence-electron chi connectivity index (χ0n) is 15.4. The third-order valence-corrected chi connectivity index (χ3v) is 5.42. The minimum absolute atomic E-state index is 0.0784. The van der Waals surface area contributed by atoms with Gasteiger partial charge in [-0.15, -0.1) is 0 Å². The quantitative estimate of drug-likeness (QED) is 0.623. The highest BCUT2D eigenvalue weighted by Crippen LogP contribution is 2.31. The second kappa shape index (κ2) is 7.56. The van der Waals surface area contributed by atoms with Crippen molar-refractivity contribution < 1.29 is 0 Å². The van der Waals surface area contributed by atoms with E-state index < -0.39 is 0 Å². The maximum Gasteiger partial charge on any atom is 0.191 e. The Hall–Kier alpha value is -1.55. The van der Waals surface area contributed by atoms with E-state index in [1.807, 2.05) is 7.05 Å². The predicted octanol–water partition coefficient (Wildman–Crippen LogP) is 2.61. The third kappa shape index (κ3) is 4.50. The molecule has 0 amide bonds. The Morgan fingerprint density at radius 3 is 2.58 bits per heavy atom. The Bertz CT molecular complexity index is 548. The largest absolute Gasteiger partial charge is 0.356 e. The summed E-state index contributed by atoms with van der Waals surface area (Å²) in [5, 5.41) is 7.03. The van der Waals surface area contributed by atoms with E-state index >= 15 is 0 Å². The lowest BCUT2D eigenvalue weighted by Crippen LogP contribution is -2.45. The Kier molecular flexibility index (Phi) is 5.44. The predicted molar refractivity (Wildman–Crippen MR) is 102 cm³/mol. The molecule has 4 heteroatoms. The molecular weight excluding hydrogens is 296 g/mol. The monoisotopic (exact) mass is 328 g/mol. The molecule has 132 valence electrons. The van der Waals surface area contributed by atoms with Crippen LogP contribution in [0.4, 0.5) is 0 Å². The Morgan fingerprint density at radius 2 is 1.92 bits per heavy atom. The number of nitrogens with zero attached hydrogens (tertiary/aromatic N) is 2. The molecule has 1 aliphatic heterocycles. The van der Waals surface area contributed by atoms with Gasteiger partial charge in [0.1, 0.15) is 0 Å². The summed E-state index contributed by atoms with van der Waals surface area (Å²) in [5.41, 5.74) is 1.43. The maximum absolute atomic E-state index is 4.39. The normalized spacial score (nSPS) is 22.6. The molecule has 0 spiro atoms. The minimum Gasteiger partial charge on any atom is -0.356 e. The van der Waals surface area contributed by atoms with E-state index in [1.54, 1.807) is 0 Å². The SMILES string of the molecule is CN=C(NCC1CCN(C2CC2)C1)NCC(C)(C)c1ccccc1. The van der Waals surface area contributed by atoms with Crippen LogP contribution in [0.25, 0.3) is 0 Å². The molecule has 1 saturated carbocycles. The fourth-order valence-corrected chi connectivity index (χ4v) is 3.56. The summed E-state index contributed by atoms with van der Waals surface area (Å²) in [7, 11) is 1.86. The van der Waals surface area contributed by atoms with Gasteiger partial charge < -0.3 is 15.5 Å². The van der Waals surface area contributed by atoms with Crippen molar-refractivity contribution in [3.05, 3.63) is 35.9 Å². The van der Waals surface area contributed by atoms with E-state index in [0.717, 1.165) is 31.0 Å². The van der Waals surface area contributed by atoms with E-state index in [2.05, 4.69) is 64.7 Å². The number of hydrogen-bond donors (Lipinski definition) is 2. The van der Waals surface area contributed by atoms with Gasteiger partial charge in [-0.3, -0.25) is 4.99 Å². The molecule has 1 heterocycles. The Morgan fingerprint density at radius 1 is 1.17 bits per heavy atom. The van der Waals surface area contributed by atoms with Gasteiger partial charge in [-0.05, 0) is 37.3 Å². The Balaban J connectivity index is 1.43. The molecular formula is C20H32N4. The topological polar surface area (TPSA) is 39.7 Å². The van der Waals surface area contributed by atoms with E-state index in [1.165, 1.54) is 37.9 Å². The molecule has 1 aromatic carbocycles. The highest BCUT2D eigenvalue weighted by molar-refractivity contribution is 5.79. The first-order valence-corrected chi connectivity index (χ1v) is 9.32. The fourth-order valence-electron chi connectivity index (χ4n) is 3.56. The zero-order valence-corrected chi connectivity index (χ0v) is 15.4. The molecule has 1 aromatic rings. The average molecular weight is 329 g/mol. The van der Waals surface area contributed by atoms with E-state index in [4.69, 9.17) is 0 Å². The first kappa shape index (κ1) is 17.3. The summed E-state index contributed by atoms with van der Waals surface area (Å²) in [6.45, 7) is 8.97. The van der Waals surface area contributed by atoms with Gasteiger partial charge in [-0.25, -0.2) is 0 Å². The van der Waals surface area contributed by atoms with Crippen LogP contribution in [0.15, 0.2) is 35.3 Å². The molecule has 1 atom stereocenters. The van der Waals surface area contributed by atoms with Crippen molar-refractivity contribution >= 4 is 5.96 Å². The summed E-state index contributed by atoms with van der Waals surface area (Å²) in [6, 6.07) is 11.6. The van der Waals surface area contributed by atoms with Crippen LogP contribution in [0.1, 0.15) is 38.7 Å². The van der Waals surface area contributed by atoms with Crippen molar-refractivity contribution in [2.24, 2.45) is 10.9 Å². The van der Waals surface area contributed by atoms with E-state index in [9.17, 15) is 0 Å². The van der Waals surface area contributed by atoms with Gasteiger partial charge in [-0.2, -0.15) is 0 Å². The van der Waals surface area contributed by atoms with E-state index in [0.29, 0.717) is 0 Å². The van der Waals surface area contributed by atoms with Crippen molar-refractivity contribution in [1.29, 1.82) is 0 Å². The second-order valence-corrected chi connectivity index (χ2v) is 7.94. The lowest BCUT2D eigenvalue weighted by molar-refractivity contribution is 0.314. The number of likely N-dealkylation sites (tertiary alicyclic amines) is 1. The van der Waals surface area contributed by atoms with Gasteiger partial charge in [0.25, 0.3) is 0 Å². The van der Waals surface area contributed by atoms with Crippen LogP contribution < -0.4 is 10.6 Å². The number of aliphatic imine (C=N–C) groups is 1. The zero-order chi connectivity index (χ0) is 17.0. The van der Waals surface area contributed by atoms with Crippen LogP contribution in [-0.2, 0) is 5.41 Å². The summed E-state index contributed by atoms with van der Waals surface area (Å²) >= 11 is 0. The summed E-state index contributed by atoms with van der Waals surface area (Å²) in [6.07, 6.45) is 4.14. The molecule has 2 N–H and O–H groups in total. The minimum atomic E-state index is 0.0784. The van der Waals surface area contributed by atoms with Crippen LogP contribution in [0, 0.1) is 5.92 Å². The average Bonchev–Trinajstić information content (AvgIpc) is 3.34. The molecule has 0 bridgehead atoms. The van der Waals surface area contributed by atoms with Gasteiger partial charge in [0.15, 0.2) is 5.96 Å². The fraction of sp³-hybridized carbons (Fsp3) is 0.650. The van der Waals surface area contributed by atoms with Crippen LogP contribution in [0.3, 0.4) is 0 Å². The second-order valence-electron chi connectivity index (χ2n) is 7.94. The highest BCUT2D eigenvalue weighted by atomic mass is 15.2. The third-order valence-electron chi connectivity index (χ3n) is 5.42. The molecule has 2 aliphatic rings. The first-order chi connectivity index (χ1) is 11.6. The van der Waals surface area contributed by atoms with Crippen LogP contribution in [0.2, 0.25) is 0 Å². The molecule has 0 radical (unpaired) electrons. The standard InChI is InChI=1S/C20H32N4/c1-20(2,17-7-5-4-6-8-17)15-23-19(21-3)22-13-16-11-12-24(14-16)18-9-10-18/h4-8,16,18H,9-15H2,1-3H3,(H2,21,22,23). The molecule has 2 fully saturated rings. The smallest absolute Gasteiger partial charge is 0.191 e. The van der Waals surface area contributed by atoms with Crippen molar-refractivity contribution in [3.8, 4) is 0 Å². The highest BCUT2D eigenvalue weighted by Gasteiger charge is 2.34. The number of hydrogen-bond acceptors (Lipinski definition) is 2. The molecule has 1 saturated heterocycles. The number of rotatable bonds is 6. The molecule has 24 heavy (non-hydrogen) atoms. The van der Waals surface area contributed by atoms with Crippen molar-refractivity contribution in [3.63, 3.8) is 0 Å². The number of nitrogens with one attached hydrogen (secondary N) is 2. The van der Waals surface area contributed by atoms with Crippen molar-refractivity contribution in [2.75, 3.05) is 33.2 Å². The number of benzene rings is 1.